The summed E-state index contributed by atoms with van der Waals surface area (Å²) in [5.74, 6) is -0.608. The number of rotatable bonds is 6. The van der Waals surface area contributed by atoms with Gasteiger partial charge in [-0.1, -0.05) is 17.7 Å². The molecule has 12 heteroatoms. The Morgan fingerprint density at radius 2 is 1.90 bits per heavy atom. The molecular formula is C30H26FN5O5S. The molecule has 0 unspecified atom stereocenters. The molecule has 0 bridgehead atoms. The van der Waals surface area contributed by atoms with Gasteiger partial charge in [-0.3, -0.25) is 9.78 Å². The van der Waals surface area contributed by atoms with Crippen LogP contribution in [0.4, 0.5) is 14.9 Å². The number of aldehydes is 1. The van der Waals surface area contributed by atoms with E-state index in [9.17, 15) is 23.1 Å². The van der Waals surface area contributed by atoms with Crippen molar-refractivity contribution in [1.29, 1.82) is 0 Å². The van der Waals surface area contributed by atoms with Gasteiger partial charge in [-0.05, 0) is 61.7 Å². The topological polar surface area (TPSA) is 134 Å². The van der Waals surface area contributed by atoms with Crippen molar-refractivity contribution in [3.8, 4) is 11.1 Å². The second-order valence-electron chi connectivity index (χ2n) is 10.3. The first-order valence-corrected chi connectivity index (χ1v) is 14.7. The number of aromatic nitrogens is 3. The molecule has 0 radical (unpaired) electrons. The Bertz CT molecular complexity index is 1970. The first kappa shape index (κ1) is 27.3. The van der Waals surface area contributed by atoms with Crippen LogP contribution in [0.3, 0.4) is 0 Å². The third-order valence-corrected chi connectivity index (χ3v) is 9.19. The molecule has 5 aromatic rings. The van der Waals surface area contributed by atoms with Crippen LogP contribution in [0.2, 0.25) is 0 Å². The van der Waals surface area contributed by atoms with Crippen molar-refractivity contribution in [2.45, 2.75) is 30.7 Å². The standard InChI is InChI=1S/C30H26FN5O5S/c1-18-4-6-22(7-5-18)42(40,41)36-16-25(23-11-19(17-37)14-33-29(23)36)20-12-24-27(8-9-32-28(24)26(31)13-20)35-10-2-3-21(15-35)34-30(38)39/h4-9,11-14,16-17,21,34H,2-3,10,15H2,1H3,(H,38,39)/t21-/m1/s1. The van der Waals surface area contributed by atoms with Crippen molar-refractivity contribution >= 4 is 50.0 Å². The van der Waals surface area contributed by atoms with E-state index in [-0.39, 0.29) is 27.7 Å². The van der Waals surface area contributed by atoms with Crippen molar-refractivity contribution in [2.75, 3.05) is 18.0 Å². The van der Waals surface area contributed by atoms with Crippen LogP contribution in [0, 0.1) is 12.7 Å². The van der Waals surface area contributed by atoms with E-state index in [4.69, 9.17) is 0 Å². The molecule has 1 aliphatic rings. The third-order valence-electron chi connectivity index (χ3n) is 7.52. The number of halogens is 1. The quantitative estimate of drug-likeness (QED) is 0.266. The van der Waals surface area contributed by atoms with Gasteiger partial charge in [-0.15, -0.1) is 0 Å². The number of carboxylic acid groups (broad SMARTS) is 1. The molecule has 4 heterocycles. The molecule has 42 heavy (non-hydrogen) atoms. The Balaban J connectivity index is 1.53. The van der Waals surface area contributed by atoms with E-state index in [0.29, 0.717) is 53.4 Å². The Morgan fingerprint density at radius 3 is 2.64 bits per heavy atom. The number of hydrogen-bond acceptors (Lipinski definition) is 7. The summed E-state index contributed by atoms with van der Waals surface area (Å²) in [5.41, 5.74) is 2.80. The van der Waals surface area contributed by atoms with E-state index in [1.165, 1.54) is 42.9 Å². The fourth-order valence-electron chi connectivity index (χ4n) is 5.51. The lowest BCUT2D eigenvalue weighted by Gasteiger charge is -2.34. The summed E-state index contributed by atoms with van der Waals surface area (Å²) < 4.78 is 44.1. The van der Waals surface area contributed by atoms with Gasteiger partial charge in [0, 0.05) is 65.3 Å². The molecule has 0 spiro atoms. The second-order valence-corrected chi connectivity index (χ2v) is 12.1. The van der Waals surface area contributed by atoms with Gasteiger partial charge in [0.25, 0.3) is 10.0 Å². The molecule has 10 nitrogen and oxygen atoms in total. The van der Waals surface area contributed by atoms with Gasteiger partial charge in [-0.2, -0.15) is 0 Å². The van der Waals surface area contributed by atoms with Crippen LogP contribution in [0.1, 0.15) is 28.8 Å². The second kappa shape index (κ2) is 10.5. The molecule has 2 N–H and O–H groups in total. The van der Waals surface area contributed by atoms with Crippen molar-refractivity contribution < 1.29 is 27.5 Å². The molecule has 0 saturated carbocycles. The van der Waals surface area contributed by atoms with Crippen LogP contribution in [0.25, 0.3) is 33.1 Å². The summed E-state index contributed by atoms with van der Waals surface area (Å²) in [6.07, 6.45) is 5.13. The lowest BCUT2D eigenvalue weighted by Crippen LogP contribution is -2.47. The lowest BCUT2D eigenvalue weighted by atomic mass is 10.00. The molecule has 1 saturated heterocycles. The average Bonchev–Trinajstić information content (AvgIpc) is 3.36. The Morgan fingerprint density at radius 1 is 1.12 bits per heavy atom. The Labute approximate surface area is 240 Å². The number of piperidine rings is 1. The number of nitrogens with zero attached hydrogens (tertiary/aromatic N) is 4. The number of carbonyl (C=O) groups is 2. The number of pyridine rings is 2. The number of carbonyl (C=O) groups excluding carboxylic acids is 1. The Kier molecular flexibility index (Phi) is 6.85. The summed E-state index contributed by atoms with van der Waals surface area (Å²) in [5, 5.41) is 12.6. The van der Waals surface area contributed by atoms with Crippen molar-refractivity contribution in [3.63, 3.8) is 0 Å². The highest BCUT2D eigenvalue weighted by Gasteiger charge is 2.26. The van der Waals surface area contributed by atoms with E-state index in [1.807, 2.05) is 11.8 Å². The van der Waals surface area contributed by atoms with E-state index >= 15 is 4.39 Å². The molecule has 3 aromatic heterocycles. The number of nitrogens with one attached hydrogen (secondary N) is 1. The Hall–Kier alpha value is -4.84. The van der Waals surface area contributed by atoms with Gasteiger partial charge in [0.05, 0.1) is 4.90 Å². The first-order valence-electron chi connectivity index (χ1n) is 13.3. The highest BCUT2D eigenvalue weighted by Crippen LogP contribution is 2.37. The fraction of sp³-hybridized carbons (Fsp3) is 0.200. The first-order chi connectivity index (χ1) is 20.2. The molecule has 1 fully saturated rings. The predicted octanol–water partition coefficient (Wildman–Crippen LogP) is 4.98. The maximum atomic E-state index is 15.6. The highest BCUT2D eigenvalue weighted by atomic mass is 32.2. The summed E-state index contributed by atoms with van der Waals surface area (Å²) in [6, 6.07) is 12.4. The largest absolute Gasteiger partial charge is 0.465 e. The number of anilines is 1. The lowest BCUT2D eigenvalue weighted by molar-refractivity contribution is 0.112. The SMILES string of the molecule is Cc1ccc(S(=O)(=O)n2cc(-c3cc(F)c4nccc(N5CCC[C@@H](NC(=O)O)C5)c4c3)c3cc(C=O)cnc32)cc1. The third kappa shape index (κ3) is 4.83. The zero-order valence-corrected chi connectivity index (χ0v) is 23.3. The van der Waals surface area contributed by atoms with Crippen molar-refractivity contribution in [1.82, 2.24) is 19.3 Å². The van der Waals surface area contributed by atoms with Gasteiger partial charge < -0.3 is 15.3 Å². The zero-order chi connectivity index (χ0) is 29.6. The number of hydrogen-bond donors (Lipinski definition) is 2. The van der Waals surface area contributed by atoms with Crippen LogP contribution < -0.4 is 10.2 Å². The maximum absolute atomic E-state index is 15.6. The van der Waals surface area contributed by atoms with E-state index in [1.54, 1.807) is 24.3 Å². The zero-order valence-electron chi connectivity index (χ0n) is 22.5. The van der Waals surface area contributed by atoms with Crippen LogP contribution in [-0.4, -0.2) is 59.0 Å². The van der Waals surface area contributed by atoms with E-state index < -0.39 is 21.9 Å². The van der Waals surface area contributed by atoms with Gasteiger partial charge in [-0.25, -0.2) is 26.6 Å². The van der Waals surface area contributed by atoms with Crippen molar-refractivity contribution in [3.05, 3.63) is 84.1 Å². The fourth-order valence-corrected chi connectivity index (χ4v) is 6.84. The van der Waals surface area contributed by atoms with Gasteiger partial charge in [0.1, 0.15) is 11.3 Å². The van der Waals surface area contributed by atoms with Crippen LogP contribution in [0.5, 0.6) is 0 Å². The average molecular weight is 588 g/mol. The van der Waals surface area contributed by atoms with Gasteiger partial charge >= 0.3 is 6.09 Å². The molecular weight excluding hydrogens is 561 g/mol. The molecule has 1 amide bonds. The molecule has 0 aliphatic carbocycles. The summed E-state index contributed by atoms with van der Waals surface area (Å²) >= 11 is 0. The van der Waals surface area contributed by atoms with Crippen LogP contribution in [0.15, 0.2) is 72.0 Å². The summed E-state index contributed by atoms with van der Waals surface area (Å²) in [7, 11) is -4.09. The molecule has 214 valence electrons. The minimum absolute atomic E-state index is 0.0589. The van der Waals surface area contributed by atoms with Gasteiger partial charge in [0.2, 0.25) is 0 Å². The van der Waals surface area contributed by atoms with Crippen LogP contribution in [-0.2, 0) is 10.0 Å². The van der Waals surface area contributed by atoms with Crippen molar-refractivity contribution in [2.24, 2.45) is 0 Å². The summed E-state index contributed by atoms with van der Waals surface area (Å²) in [6.45, 7) is 2.90. The molecule has 6 rings (SSSR count). The minimum atomic E-state index is -4.09. The van der Waals surface area contributed by atoms with Gasteiger partial charge in [0.15, 0.2) is 11.9 Å². The van der Waals surface area contributed by atoms with E-state index in [0.717, 1.165) is 16.0 Å². The molecule has 2 aromatic carbocycles. The number of amides is 1. The minimum Gasteiger partial charge on any atom is -0.465 e. The molecule has 1 atom stereocenters. The maximum Gasteiger partial charge on any atom is 0.404 e. The monoisotopic (exact) mass is 587 g/mol. The van der Waals surface area contributed by atoms with Crippen LogP contribution >= 0.6 is 0 Å². The summed E-state index contributed by atoms with van der Waals surface area (Å²) in [4.78, 5) is 33.5. The smallest absolute Gasteiger partial charge is 0.404 e. The number of fused-ring (bicyclic) bond motifs is 2. The number of aryl methyl sites for hydroxylation is 1. The van der Waals surface area contributed by atoms with E-state index in [2.05, 4.69) is 15.3 Å². The number of benzene rings is 2. The normalized spacial score (nSPS) is 15.7. The molecule has 1 aliphatic heterocycles. The highest BCUT2D eigenvalue weighted by molar-refractivity contribution is 7.90. The predicted molar refractivity (Wildman–Crippen MR) is 156 cm³/mol.